The Bertz CT molecular complexity index is 410. The molecule has 0 aliphatic heterocycles. The second-order valence-electron chi connectivity index (χ2n) is 5.57. The maximum Gasteiger partial charge on any atom is 0.191 e. The van der Waals surface area contributed by atoms with E-state index in [-0.39, 0.29) is 0 Å². The normalized spacial score (nSPS) is 13.6. The van der Waals surface area contributed by atoms with Crippen molar-refractivity contribution >= 4 is 5.96 Å². The van der Waals surface area contributed by atoms with Gasteiger partial charge in [0.1, 0.15) is 12.9 Å². The van der Waals surface area contributed by atoms with E-state index < -0.39 is 0 Å². The number of aryl methyl sites for hydroxylation is 1. The lowest BCUT2D eigenvalue weighted by molar-refractivity contribution is 0.489. The standard InChI is InChI=1S/C14H28N6/c1-6-15-14(18-12(4)8-7-11(2)3)16-9-13-19-17-10-20(13)5/h10-12H,6-9H2,1-5H3,(H2,15,16,18). The van der Waals surface area contributed by atoms with Crippen molar-refractivity contribution in [1.29, 1.82) is 0 Å². The largest absolute Gasteiger partial charge is 0.357 e. The average Bonchev–Trinajstić information content (AvgIpc) is 2.79. The van der Waals surface area contributed by atoms with Gasteiger partial charge >= 0.3 is 0 Å². The molecule has 0 aliphatic carbocycles. The molecule has 0 bridgehead atoms. The van der Waals surface area contributed by atoms with Gasteiger partial charge in [0, 0.05) is 19.6 Å². The Balaban J connectivity index is 2.52. The van der Waals surface area contributed by atoms with E-state index >= 15 is 0 Å². The van der Waals surface area contributed by atoms with Gasteiger partial charge in [0.05, 0.1) is 0 Å². The van der Waals surface area contributed by atoms with Crippen molar-refractivity contribution in [3.8, 4) is 0 Å². The molecule has 114 valence electrons. The van der Waals surface area contributed by atoms with Crippen LogP contribution in [0.2, 0.25) is 0 Å². The van der Waals surface area contributed by atoms with E-state index in [2.05, 4.69) is 53.5 Å². The van der Waals surface area contributed by atoms with Crippen molar-refractivity contribution in [2.24, 2.45) is 18.0 Å². The highest BCUT2D eigenvalue weighted by atomic mass is 15.3. The molecule has 0 spiro atoms. The summed E-state index contributed by atoms with van der Waals surface area (Å²) in [5.41, 5.74) is 0. The molecule has 1 unspecified atom stereocenters. The first kappa shape index (κ1) is 16.5. The molecule has 1 rings (SSSR count). The van der Waals surface area contributed by atoms with Crippen LogP contribution in [0.1, 0.15) is 46.4 Å². The highest BCUT2D eigenvalue weighted by molar-refractivity contribution is 5.79. The monoisotopic (exact) mass is 280 g/mol. The molecule has 6 heteroatoms. The molecule has 0 amide bonds. The smallest absolute Gasteiger partial charge is 0.191 e. The number of hydrogen-bond acceptors (Lipinski definition) is 3. The molecule has 1 aromatic rings. The Kier molecular flexibility index (Phi) is 7.04. The van der Waals surface area contributed by atoms with Crippen LogP contribution in [0.5, 0.6) is 0 Å². The van der Waals surface area contributed by atoms with Crippen LogP contribution in [0.25, 0.3) is 0 Å². The van der Waals surface area contributed by atoms with Crippen LogP contribution in [-0.2, 0) is 13.6 Å². The zero-order chi connectivity index (χ0) is 15.0. The van der Waals surface area contributed by atoms with Crippen molar-refractivity contribution in [3.63, 3.8) is 0 Å². The van der Waals surface area contributed by atoms with E-state index in [9.17, 15) is 0 Å². The predicted molar refractivity (Wildman–Crippen MR) is 82.5 cm³/mol. The zero-order valence-electron chi connectivity index (χ0n) is 13.3. The Morgan fingerprint density at radius 1 is 1.35 bits per heavy atom. The first-order valence-electron chi connectivity index (χ1n) is 7.40. The fraction of sp³-hybridized carbons (Fsp3) is 0.786. The number of aliphatic imine (C=N–C) groups is 1. The van der Waals surface area contributed by atoms with Crippen LogP contribution < -0.4 is 10.6 Å². The highest BCUT2D eigenvalue weighted by Gasteiger charge is 2.07. The molecule has 0 aromatic carbocycles. The van der Waals surface area contributed by atoms with Crippen LogP contribution in [0, 0.1) is 5.92 Å². The first-order valence-corrected chi connectivity index (χ1v) is 7.40. The maximum atomic E-state index is 4.55. The lowest BCUT2D eigenvalue weighted by atomic mass is 10.0. The van der Waals surface area contributed by atoms with Crippen molar-refractivity contribution in [1.82, 2.24) is 25.4 Å². The molecule has 6 nitrogen and oxygen atoms in total. The quantitative estimate of drug-likeness (QED) is 0.589. The molecule has 0 saturated carbocycles. The molecule has 2 N–H and O–H groups in total. The molecule has 1 heterocycles. The molecule has 1 aromatic heterocycles. The van der Waals surface area contributed by atoms with Gasteiger partial charge in [0.2, 0.25) is 0 Å². The third-order valence-electron chi connectivity index (χ3n) is 3.09. The van der Waals surface area contributed by atoms with Crippen molar-refractivity contribution in [3.05, 3.63) is 12.2 Å². The Hall–Kier alpha value is -1.59. The van der Waals surface area contributed by atoms with Crippen molar-refractivity contribution in [2.75, 3.05) is 6.54 Å². The summed E-state index contributed by atoms with van der Waals surface area (Å²) in [6, 6.07) is 0.412. The Morgan fingerprint density at radius 3 is 2.65 bits per heavy atom. The SMILES string of the molecule is CCNC(=NCc1nncn1C)NC(C)CCC(C)C. The third kappa shape index (κ3) is 6.04. The summed E-state index contributed by atoms with van der Waals surface area (Å²) in [6.45, 7) is 10.1. The van der Waals surface area contributed by atoms with Gasteiger partial charge in [0.25, 0.3) is 0 Å². The summed E-state index contributed by atoms with van der Waals surface area (Å²) >= 11 is 0. The summed E-state index contributed by atoms with van der Waals surface area (Å²) in [6.07, 6.45) is 4.05. The van der Waals surface area contributed by atoms with Crippen LogP contribution in [0.3, 0.4) is 0 Å². The minimum atomic E-state index is 0.412. The van der Waals surface area contributed by atoms with E-state index in [1.807, 2.05) is 11.6 Å². The number of rotatable bonds is 7. The van der Waals surface area contributed by atoms with Gasteiger partial charge in [-0.15, -0.1) is 10.2 Å². The van der Waals surface area contributed by atoms with Gasteiger partial charge in [-0.25, -0.2) is 4.99 Å². The number of nitrogens with one attached hydrogen (secondary N) is 2. The van der Waals surface area contributed by atoms with Gasteiger partial charge in [-0.2, -0.15) is 0 Å². The van der Waals surface area contributed by atoms with Crippen LogP contribution in [0.4, 0.5) is 0 Å². The van der Waals surface area contributed by atoms with Gasteiger partial charge in [-0.3, -0.25) is 0 Å². The topological polar surface area (TPSA) is 67.1 Å². The fourth-order valence-electron chi connectivity index (χ4n) is 1.81. The van der Waals surface area contributed by atoms with Crippen LogP contribution in [-0.4, -0.2) is 33.3 Å². The molecule has 0 saturated heterocycles. The van der Waals surface area contributed by atoms with E-state index in [4.69, 9.17) is 0 Å². The number of nitrogens with zero attached hydrogens (tertiary/aromatic N) is 4. The summed E-state index contributed by atoms with van der Waals surface area (Å²) in [7, 11) is 1.93. The second kappa shape index (κ2) is 8.55. The minimum Gasteiger partial charge on any atom is -0.357 e. The minimum absolute atomic E-state index is 0.412. The lowest BCUT2D eigenvalue weighted by Crippen LogP contribution is -2.42. The van der Waals surface area contributed by atoms with Gasteiger partial charge in [-0.05, 0) is 32.6 Å². The second-order valence-corrected chi connectivity index (χ2v) is 5.57. The van der Waals surface area contributed by atoms with Gasteiger partial charge in [-0.1, -0.05) is 13.8 Å². The summed E-state index contributed by atoms with van der Waals surface area (Å²) in [4.78, 5) is 4.55. The molecule has 0 fully saturated rings. The highest BCUT2D eigenvalue weighted by Crippen LogP contribution is 2.06. The molecule has 0 aliphatic rings. The van der Waals surface area contributed by atoms with E-state index in [0.717, 1.165) is 30.7 Å². The lowest BCUT2D eigenvalue weighted by Gasteiger charge is -2.18. The Labute approximate surface area is 122 Å². The number of aromatic nitrogens is 3. The zero-order valence-corrected chi connectivity index (χ0v) is 13.3. The van der Waals surface area contributed by atoms with E-state index in [0.29, 0.717) is 12.6 Å². The van der Waals surface area contributed by atoms with E-state index in [1.54, 1.807) is 6.33 Å². The molecule has 1 atom stereocenters. The Morgan fingerprint density at radius 2 is 2.10 bits per heavy atom. The maximum absolute atomic E-state index is 4.55. The first-order chi connectivity index (χ1) is 9.52. The molecule has 0 radical (unpaired) electrons. The summed E-state index contributed by atoms with van der Waals surface area (Å²) in [5.74, 6) is 2.43. The van der Waals surface area contributed by atoms with Gasteiger partial charge < -0.3 is 15.2 Å². The average molecular weight is 280 g/mol. The predicted octanol–water partition coefficient (Wildman–Crippen LogP) is 1.69. The molecular formula is C14H28N6. The summed E-state index contributed by atoms with van der Waals surface area (Å²) < 4.78 is 1.88. The molecular weight excluding hydrogens is 252 g/mol. The number of guanidine groups is 1. The van der Waals surface area contributed by atoms with Gasteiger partial charge in [0.15, 0.2) is 11.8 Å². The summed E-state index contributed by atoms with van der Waals surface area (Å²) in [5, 5.41) is 14.6. The van der Waals surface area contributed by atoms with Crippen LogP contribution in [0.15, 0.2) is 11.3 Å². The van der Waals surface area contributed by atoms with Crippen LogP contribution >= 0.6 is 0 Å². The van der Waals surface area contributed by atoms with E-state index in [1.165, 1.54) is 6.42 Å². The fourth-order valence-corrected chi connectivity index (χ4v) is 1.81. The van der Waals surface area contributed by atoms with Crippen molar-refractivity contribution in [2.45, 2.75) is 53.1 Å². The number of hydrogen-bond donors (Lipinski definition) is 2. The van der Waals surface area contributed by atoms with Crippen molar-refractivity contribution < 1.29 is 0 Å². The third-order valence-corrected chi connectivity index (χ3v) is 3.09. The molecule has 20 heavy (non-hydrogen) atoms.